The van der Waals surface area contributed by atoms with Crippen molar-refractivity contribution >= 4 is 15.7 Å². The van der Waals surface area contributed by atoms with Crippen LogP contribution in [0.1, 0.15) is 26.7 Å². The summed E-state index contributed by atoms with van der Waals surface area (Å²) in [5.74, 6) is 0.686. The van der Waals surface area contributed by atoms with Gasteiger partial charge in [-0.1, -0.05) is 12.2 Å². The van der Waals surface area contributed by atoms with Crippen LogP contribution in [0, 0.1) is 0 Å². The first-order chi connectivity index (χ1) is 10.7. The van der Waals surface area contributed by atoms with E-state index in [4.69, 9.17) is 4.74 Å². The topological polar surface area (TPSA) is 63.7 Å². The fourth-order valence-corrected chi connectivity index (χ4v) is 2.69. The van der Waals surface area contributed by atoms with E-state index in [1.165, 1.54) is 18.4 Å². The van der Waals surface area contributed by atoms with Crippen molar-refractivity contribution in [2.75, 3.05) is 26.0 Å². The van der Waals surface area contributed by atoms with Crippen molar-refractivity contribution in [2.24, 2.45) is 0 Å². The van der Waals surface area contributed by atoms with E-state index in [2.05, 4.69) is 6.58 Å². The van der Waals surface area contributed by atoms with E-state index in [0.29, 0.717) is 38.3 Å². The molecule has 0 saturated carbocycles. The highest BCUT2D eigenvalue weighted by Crippen LogP contribution is 2.16. The van der Waals surface area contributed by atoms with Crippen LogP contribution >= 0.6 is 0 Å². The Kier molecular flexibility index (Phi) is 7.29. The van der Waals surface area contributed by atoms with Crippen molar-refractivity contribution in [2.45, 2.75) is 31.6 Å². The van der Waals surface area contributed by atoms with E-state index in [9.17, 15) is 13.2 Å². The number of nitrogens with zero attached hydrogens (tertiary/aromatic N) is 1. The molecule has 0 N–H and O–H groups in total. The van der Waals surface area contributed by atoms with Gasteiger partial charge in [0.25, 0.3) is 0 Å². The summed E-state index contributed by atoms with van der Waals surface area (Å²) < 4.78 is 28.3. The average Bonchev–Trinajstić information content (AvgIpc) is 2.48. The zero-order chi connectivity index (χ0) is 17.5. The molecule has 1 rings (SSSR count). The molecule has 5 nitrogen and oxygen atoms in total. The maximum absolute atomic E-state index is 12.0. The molecule has 6 heteroatoms. The molecule has 0 aliphatic heterocycles. The van der Waals surface area contributed by atoms with Gasteiger partial charge in [-0.15, -0.1) is 0 Å². The molecular formula is C17H25NO4S. The molecule has 128 valence electrons. The van der Waals surface area contributed by atoms with Crippen molar-refractivity contribution in [3.05, 3.63) is 36.4 Å². The summed E-state index contributed by atoms with van der Waals surface area (Å²) in [4.78, 5) is 14.1. The number of hydrogen-bond donors (Lipinski definition) is 0. The summed E-state index contributed by atoms with van der Waals surface area (Å²) in [5, 5.41) is 0. The Morgan fingerprint density at radius 3 is 2.35 bits per heavy atom. The smallest absolute Gasteiger partial charge is 0.222 e. The lowest BCUT2D eigenvalue weighted by molar-refractivity contribution is -0.130. The summed E-state index contributed by atoms with van der Waals surface area (Å²) in [7, 11) is -3.19. The molecule has 1 aromatic rings. The van der Waals surface area contributed by atoms with Crippen molar-refractivity contribution in [1.29, 1.82) is 0 Å². The molecule has 0 spiro atoms. The molecule has 0 atom stereocenters. The lowest BCUT2D eigenvalue weighted by Crippen LogP contribution is -2.32. The van der Waals surface area contributed by atoms with Crippen LogP contribution in [0.2, 0.25) is 0 Å². The van der Waals surface area contributed by atoms with Gasteiger partial charge in [0.05, 0.1) is 11.5 Å². The number of carbonyl (C=O) groups is 1. The Hall–Kier alpha value is -1.82. The Morgan fingerprint density at radius 2 is 1.87 bits per heavy atom. The SMILES string of the molecule is C=C(C)CN(CC)C(=O)CCCOc1ccc(S(C)(=O)=O)cc1. The number of ether oxygens (including phenoxy) is 1. The summed E-state index contributed by atoms with van der Waals surface area (Å²) >= 11 is 0. The highest BCUT2D eigenvalue weighted by molar-refractivity contribution is 7.90. The number of hydrogen-bond acceptors (Lipinski definition) is 4. The van der Waals surface area contributed by atoms with Crippen molar-refractivity contribution in [1.82, 2.24) is 4.90 Å². The van der Waals surface area contributed by atoms with Gasteiger partial charge in [-0.2, -0.15) is 0 Å². The van der Waals surface area contributed by atoms with Crippen LogP contribution in [-0.4, -0.2) is 45.2 Å². The van der Waals surface area contributed by atoms with E-state index in [-0.39, 0.29) is 10.8 Å². The highest BCUT2D eigenvalue weighted by atomic mass is 32.2. The zero-order valence-corrected chi connectivity index (χ0v) is 14.9. The predicted octanol–water partition coefficient (Wildman–Crippen LogP) is 2.67. The van der Waals surface area contributed by atoms with Crippen molar-refractivity contribution in [3.8, 4) is 5.75 Å². The summed E-state index contributed by atoms with van der Waals surface area (Å²) in [6.45, 7) is 9.34. The molecule has 0 aliphatic rings. The molecule has 1 amide bonds. The van der Waals surface area contributed by atoms with Crippen molar-refractivity contribution < 1.29 is 17.9 Å². The third-order valence-electron chi connectivity index (χ3n) is 3.25. The van der Waals surface area contributed by atoms with Gasteiger partial charge in [-0.05, 0) is 44.5 Å². The van der Waals surface area contributed by atoms with E-state index >= 15 is 0 Å². The van der Waals surface area contributed by atoms with Gasteiger partial charge in [0.2, 0.25) is 5.91 Å². The first-order valence-electron chi connectivity index (χ1n) is 7.59. The molecule has 1 aromatic carbocycles. The third kappa shape index (κ3) is 6.86. The van der Waals surface area contributed by atoms with Gasteiger partial charge >= 0.3 is 0 Å². The highest BCUT2D eigenvalue weighted by Gasteiger charge is 2.11. The lowest BCUT2D eigenvalue weighted by atomic mass is 10.2. The molecule has 0 fully saturated rings. The molecule has 0 aliphatic carbocycles. The summed E-state index contributed by atoms with van der Waals surface area (Å²) in [6, 6.07) is 6.28. The van der Waals surface area contributed by atoms with E-state index in [1.807, 2.05) is 13.8 Å². The second kappa shape index (κ2) is 8.72. The number of rotatable bonds is 9. The number of amides is 1. The first kappa shape index (κ1) is 19.2. The third-order valence-corrected chi connectivity index (χ3v) is 4.38. The quantitative estimate of drug-likeness (QED) is 0.512. The molecule has 0 unspecified atom stereocenters. The maximum atomic E-state index is 12.0. The van der Waals surface area contributed by atoms with Crippen LogP contribution < -0.4 is 4.74 Å². The first-order valence-corrected chi connectivity index (χ1v) is 9.48. The number of benzene rings is 1. The maximum Gasteiger partial charge on any atom is 0.222 e. The molecule has 23 heavy (non-hydrogen) atoms. The Morgan fingerprint density at radius 1 is 1.26 bits per heavy atom. The molecule has 0 aromatic heterocycles. The minimum Gasteiger partial charge on any atom is -0.494 e. The van der Waals surface area contributed by atoms with Crippen LogP contribution in [0.4, 0.5) is 0 Å². The number of likely N-dealkylation sites (N-methyl/N-ethyl adjacent to an activating group) is 1. The minimum atomic E-state index is -3.19. The van der Waals surface area contributed by atoms with Crippen LogP contribution in [0.5, 0.6) is 5.75 Å². The Bertz CT molecular complexity index is 635. The van der Waals surface area contributed by atoms with Crippen LogP contribution in [0.15, 0.2) is 41.3 Å². The monoisotopic (exact) mass is 339 g/mol. The Labute approximate surface area is 138 Å². The summed E-state index contributed by atoms with van der Waals surface area (Å²) in [6.07, 6.45) is 2.20. The largest absolute Gasteiger partial charge is 0.494 e. The normalized spacial score (nSPS) is 11.1. The van der Waals surface area contributed by atoms with Crippen molar-refractivity contribution in [3.63, 3.8) is 0 Å². The second-order valence-electron chi connectivity index (χ2n) is 5.56. The number of sulfone groups is 1. The van der Waals surface area contributed by atoms with E-state index in [1.54, 1.807) is 17.0 Å². The molecule has 0 bridgehead atoms. The van der Waals surface area contributed by atoms with Crippen LogP contribution in [0.3, 0.4) is 0 Å². The molecule has 0 saturated heterocycles. The van der Waals surface area contributed by atoms with Gasteiger partial charge in [-0.3, -0.25) is 4.79 Å². The fourth-order valence-electron chi connectivity index (χ4n) is 2.06. The predicted molar refractivity (Wildman–Crippen MR) is 91.3 cm³/mol. The van der Waals surface area contributed by atoms with Gasteiger partial charge in [0.15, 0.2) is 9.84 Å². The molecule has 0 radical (unpaired) electrons. The van der Waals surface area contributed by atoms with Gasteiger partial charge in [0.1, 0.15) is 5.75 Å². The van der Waals surface area contributed by atoms with Crippen LogP contribution in [0.25, 0.3) is 0 Å². The van der Waals surface area contributed by atoms with E-state index in [0.717, 1.165) is 5.57 Å². The number of carbonyl (C=O) groups excluding carboxylic acids is 1. The van der Waals surface area contributed by atoms with Gasteiger partial charge in [0, 0.05) is 25.8 Å². The lowest BCUT2D eigenvalue weighted by Gasteiger charge is -2.20. The fraction of sp³-hybridized carbons (Fsp3) is 0.471. The average molecular weight is 339 g/mol. The molecular weight excluding hydrogens is 314 g/mol. The van der Waals surface area contributed by atoms with Crippen LogP contribution in [-0.2, 0) is 14.6 Å². The minimum absolute atomic E-state index is 0.0894. The van der Waals surface area contributed by atoms with Gasteiger partial charge in [-0.25, -0.2) is 8.42 Å². The summed E-state index contributed by atoms with van der Waals surface area (Å²) in [5.41, 5.74) is 0.961. The Balaban J connectivity index is 2.40. The molecule has 0 heterocycles. The van der Waals surface area contributed by atoms with E-state index < -0.39 is 9.84 Å². The zero-order valence-electron chi connectivity index (χ0n) is 14.0. The second-order valence-corrected chi connectivity index (χ2v) is 7.58. The van der Waals surface area contributed by atoms with Gasteiger partial charge < -0.3 is 9.64 Å². The standard InChI is InChI=1S/C17H25NO4S/c1-5-18(13-14(2)3)17(19)7-6-12-22-15-8-10-16(11-9-15)23(4,20)21/h8-11H,2,5-7,12-13H2,1,3-4H3.